The zero-order valence-corrected chi connectivity index (χ0v) is 19.4. The standard InChI is InChI=1S/C28H20Cl3N/c29-22-16-24(30)27(25(31)17-22)23-15-21-13-7-8-14-26(21)32(18-19-9-3-1-4-10-19)28(23)20-11-5-2-6-12-20/h1-17,28H,18H2. The number of fused-ring (bicyclic) bond motifs is 1. The molecule has 0 aliphatic carbocycles. The van der Waals surface area contributed by atoms with E-state index >= 15 is 0 Å². The van der Waals surface area contributed by atoms with Gasteiger partial charge >= 0.3 is 0 Å². The van der Waals surface area contributed by atoms with Crippen molar-refractivity contribution in [2.24, 2.45) is 0 Å². The Morgan fingerprint density at radius 3 is 1.97 bits per heavy atom. The third-order valence-corrected chi connectivity index (χ3v) is 6.58. The molecule has 158 valence electrons. The fourth-order valence-electron chi connectivity index (χ4n) is 4.40. The fraction of sp³-hybridized carbons (Fsp3) is 0.0714. The third kappa shape index (κ3) is 4.04. The number of rotatable bonds is 4. The number of halogens is 3. The summed E-state index contributed by atoms with van der Waals surface area (Å²) in [6.07, 6.45) is 2.20. The number of benzene rings is 4. The lowest BCUT2D eigenvalue weighted by molar-refractivity contribution is 0.730. The summed E-state index contributed by atoms with van der Waals surface area (Å²) in [4.78, 5) is 2.43. The van der Waals surface area contributed by atoms with E-state index in [0.29, 0.717) is 15.1 Å². The van der Waals surface area contributed by atoms with Crippen molar-refractivity contribution in [2.75, 3.05) is 4.90 Å². The van der Waals surface area contributed by atoms with E-state index in [4.69, 9.17) is 34.8 Å². The van der Waals surface area contributed by atoms with Crippen LogP contribution in [0.3, 0.4) is 0 Å². The van der Waals surface area contributed by atoms with Crippen LogP contribution in [0, 0.1) is 0 Å². The summed E-state index contributed by atoms with van der Waals surface area (Å²) < 4.78 is 0. The van der Waals surface area contributed by atoms with Crippen molar-refractivity contribution in [1.29, 1.82) is 0 Å². The Kier molecular flexibility index (Phi) is 5.97. The molecule has 5 rings (SSSR count). The van der Waals surface area contributed by atoms with Crippen molar-refractivity contribution in [2.45, 2.75) is 12.6 Å². The number of hydrogen-bond acceptors (Lipinski definition) is 1. The van der Waals surface area contributed by atoms with Gasteiger partial charge in [-0.2, -0.15) is 0 Å². The molecule has 4 aromatic carbocycles. The molecule has 1 nitrogen and oxygen atoms in total. The summed E-state index contributed by atoms with van der Waals surface area (Å²) in [6, 6.07) is 32.9. The van der Waals surface area contributed by atoms with Crippen molar-refractivity contribution in [1.82, 2.24) is 0 Å². The van der Waals surface area contributed by atoms with Gasteiger partial charge in [-0.1, -0.05) is 114 Å². The zero-order chi connectivity index (χ0) is 22.1. The lowest BCUT2D eigenvalue weighted by Gasteiger charge is -2.40. The lowest BCUT2D eigenvalue weighted by Crippen LogP contribution is -2.32. The molecule has 0 fully saturated rings. The van der Waals surface area contributed by atoms with E-state index in [1.54, 1.807) is 12.1 Å². The van der Waals surface area contributed by atoms with Crippen molar-refractivity contribution >= 4 is 52.1 Å². The van der Waals surface area contributed by atoms with E-state index in [1.165, 1.54) is 16.8 Å². The second-order valence-corrected chi connectivity index (χ2v) is 9.08. The van der Waals surface area contributed by atoms with Gasteiger partial charge in [0.2, 0.25) is 0 Å². The molecule has 0 radical (unpaired) electrons. The largest absolute Gasteiger partial charge is 0.356 e. The molecule has 0 saturated carbocycles. The average Bonchev–Trinajstić information content (AvgIpc) is 2.80. The van der Waals surface area contributed by atoms with Crippen LogP contribution in [0.15, 0.2) is 97.1 Å². The lowest BCUT2D eigenvalue weighted by atomic mass is 9.85. The molecule has 1 aliphatic heterocycles. The first kappa shape index (κ1) is 21.2. The minimum Gasteiger partial charge on any atom is -0.356 e. The number of anilines is 1. The van der Waals surface area contributed by atoms with Gasteiger partial charge in [-0.05, 0) is 46.5 Å². The van der Waals surface area contributed by atoms with Crippen molar-refractivity contribution in [3.8, 4) is 0 Å². The van der Waals surface area contributed by atoms with Crippen LogP contribution in [0.4, 0.5) is 5.69 Å². The molecule has 0 N–H and O–H groups in total. The maximum absolute atomic E-state index is 6.73. The smallest absolute Gasteiger partial charge is 0.0806 e. The van der Waals surface area contributed by atoms with Gasteiger partial charge in [0.05, 0.1) is 16.1 Å². The maximum atomic E-state index is 6.73. The Labute approximate surface area is 203 Å². The second-order valence-electron chi connectivity index (χ2n) is 7.83. The zero-order valence-electron chi connectivity index (χ0n) is 17.2. The maximum Gasteiger partial charge on any atom is 0.0806 e. The molecule has 4 aromatic rings. The molecule has 1 aliphatic rings. The highest BCUT2D eigenvalue weighted by molar-refractivity contribution is 6.40. The van der Waals surface area contributed by atoms with Crippen molar-refractivity contribution in [3.63, 3.8) is 0 Å². The van der Waals surface area contributed by atoms with Gasteiger partial charge in [0.25, 0.3) is 0 Å². The van der Waals surface area contributed by atoms with Crippen LogP contribution in [0.5, 0.6) is 0 Å². The predicted octanol–water partition coefficient (Wildman–Crippen LogP) is 8.95. The van der Waals surface area contributed by atoms with Gasteiger partial charge in [0, 0.05) is 22.8 Å². The Morgan fingerprint density at radius 2 is 1.28 bits per heavy atom. The van der Waals surface area contributed by atoms with E-state index in [-0.39, 0.29) is 6.04 Å². The van der Waals surface area contributed by atoms with Crippen LogP contribution < -0.4 is 4.90 Å². The van der Waals surface area contributed by atoms with Crippen molar-refractivity contribution in [3.05, 3.63) is 134 Å². The Hall–Kier alpha value is -2.71. The first-order valence-corrected chi connectivity index (χ1v) is 11.6. The summed E-state index contributed by atoms with van der Waals surface area (Å²) in [5.74, 6) is 0. The molecule has 0 spiro atoms. The molecule has 1 unspecified atom stereocenters. The first-order chi connectivity index (χ1) is 15.6. The van der Waals surface area contributed by atoms with Crippen LogP contribution in [0.1, 0.15) is 28.3 Å². The molecule has 4 heteroatoms. The summed E-state index contributed by atoms with van der Waals surface area (Å²) in [5, 5.41) is 1.63. The van der Waals surface area contributed by atoms with Gasteiger partial charge in [-0.15, -0.1) is 0 Å². The molecular formula is C28H20Cl3N. The normalized spacial score (nSPS) is 15.3. The van der Waals surface area contributed by atoms with E-state index < -0.39 is 0 Å². The minimum atomic E-state index is -0.0671. The molecule has 1 heterocycles. The van der Waals surface area contributed by atoms with Crippen LogP contribution >= 0.6 is 34.8 Å². The third-order valence-electron chi connectivity index (χ3n) is 5.77. The van der Waals surface area contributed by atoms with Crippen LogP contribution in [-0.2, 0) is 6.54 Å². The Bertz CT molecular complexity index is 1260. The predicted molar refractivity (Wildman–Crippen MR) is 138 cm³/mol. The molecule has 0 amide bonds. The van der Waals surface area contributed by atoms with Crippen LogP contribution in [-0.4, -0.2) is 0 Å². The van der Waals surface area contributed by atoms with Gasteiger partial charge in [0.1, 0.15) is 0 Å². The summed E-state index contributed by atoms with van der Waals surface area (Å²) in [6.45, 7) is 0.748. The highest BCUT2D eigenvalue weighted by Crippen LogP contribution is 2.49. The highest BCUT2D eigenvalue weighted by atomic mass is 35.5. The summed E-state index contributed by atoms with van der Waals surface area (Å²) in [7, 11) is 0. The topological polar surface area (TPSA) is 3.24 Å². The highest BCUT2D eigenvalue weighted by Gasteiger charge is 2.32. The van der Waals surface area contributed by atoms with Gasteiger partial charge in [-0.25, -0.2) is 0 Å². The Balaban J connectivity index is 1.76. The SMILES string of the molecule is Clc1cc(Cl)c(C2=Cc3ccccc3N(Cc3ccccc3)C2c2ccccc2)c(Cl)c1. The summed E-state index contributed by atoms with van der Waals surface area (Å²) in [5.41, 5.74) is 6.59. The fourth-order valence-corrected chi connectivity index (χ4v) is 5.44. The number of nitrogens with zero attached hydrogens (tertiary/aromatic N) is 1. The van der Waals surface area contributed by atoms with E-state index in [1.807, 2.05) is 12.1 Å². The van der Waals surface area contributed by atoms with Crippen LogP contribution in [0.2, 0.25) is 15.1 Å². The van der Waals surface area contributed by atoms with Crippen molar-refractivity contribution < 1.29 is 0 Å². The quantitative estimate of drug-likeness (QED) is 0.284. The van der Waals surface area contributed by atoms with Crippen LogP contribution in [0.25, 0.3) is 11.6 Å². The number of para-hydroxylation sites is 1. The van der Waals surface area contributed by atoms with Gasteiger partial charge in [-0.3, -0.25) is 0 Å². The average molecular weight is 477 g/mol. The van der Waals surface area contributed by atoms with E-state index in [9.17, 15) is 0 Å². The van der Waals surface area contributed by atoms with Gasteiger partial charge in [0.15, 0.2) is 0 Å². The molecule has 0 saturated heterocycles. The van der Waals surface area contributed by atoms with Gasteiger partial charge < -0.3 is 4.90 Å². The molecule has 0 aromatic heterocycles. The molecule has 1 atom stereocenters. The summed E-state index contributed by atoms with van der Waals surface area (Å²) >= 11 is 19.7. The Morgan fingerprint density at radius 1 is 0.688 bits per heavy atom. The first-order valence-electron chi connectivity index (χ1n) is 10.4. The molecular weight excluding hydrogens is 457 g/mol. The second kappa shape index (κ2) is 9.03. The monoisotopic (exact) mass is 475 g/mol. The van der Waals surface area contributed by atoms with E-state index in [0.717, 1.165) is 23.2 Å². The minimum absolute atomic E-state index is 0.0671. The molecule has 32 heavy (non-hydrogen) atoms. The number of hydrogen-bond donors (Lipinski definition) is 0. The molecule has 0 bridgehead atoms. The van der Waals surface area contributed by atoms with E-state index in [2.05, 4.69) is 83.8 Å².